The average molecular weight is 558 g/mol. The Balaban J connectivity index is 0.00000341. The monoisotopic (exact) mass is 557 g/mol. The predicted molar refractivity (Wildman–Crippen MR) is 133 cm³/mol. The number of methoxy groups -OCH3 is 1. The van der Waals surface area contributed by atoms with Gasteiger partial charge in [0.05, 0.1) is 13.7 Å². The van der Waals surface area contributed by atoms with E-state index < -0.39 is 0 Å². The maximum atomic E-state index is 6.01. The highest BCUT2D eigenvalue weighted by molar-refractivity contribution is 14.0. The van der Waals surface area contributed by atoms with Crippen LogP contribution in [0.5, 0.6) is 11.5 Å². The molecule has 1 heterocycles. The van der Waals surface area contributed by atoms with Crippen molar-refractivity contribution in [3.05, 3.63) is 53.4 Å². The molecule has 2 N–H and O–H groups in total. The van der Waals surface area contributed by atoms with Crippen LogP contribution in [0.25, 0.3) is 11.4 Å². The Morgan fingerprint density at radius 2 is 2.03 bits per heavy atom. The van der Waals surface area contributed by atoms with Crippen molar-refractivity contribution >= 4 is 47.2 Å². The molecule has 0 radical (unpaired) electrons. The molecule has 0 amide bonds. The Hall–Kier alpha value is -2.53. The van der Waals surface area contributed by atoms with Crippen molar-refractivity contribution in [3.8, 4) is 22.9 Å². The molecule has 0 bridgehead atoms. The predicted octanol–water partition coefficient (Wildman–Crippen LogP) is 4.65. The molecule has 0 atom stereocenters. The maximum absolute atomic E-state index is 6.01. The molecule has 8 nitrogen and oxygen atoms in total. The fraction of sp³-hybridized carbons (Fsp3) is 0.286. The molecule has 0 spiro atoms. The molecule has 1 aromatic heterocycles. The van der Waals surface area contributed by atoms with Gasteiger partial charge in [-0.3, -0.25) is 4.99 Å². The standard InChI is InChI=1S/C21H24ClN5O3.HI/c1-4-29-17-9-8-16(13-18(17)28-3)25-21(23-2)24-11-10-19-26-20(27-30-19)14-6-5-7-15(22)12-14;/h5-9,12-13H,4,10-11H2,1-3H3,(H2,23,24,25);1H. The molecular formula is C21H25ClIN5O3. The lowest BCUT2D eigenvalue weighted by Gasteiger charge is -2.14. The molecule has 0 saturated carbocycles. The summed E-state index contributed by atoms with van der Waals surface area (Å²) in [5, 5.41) is 11.1. The van der Waals surface area contributed by atoms with Gasteiger partial charge < -0.3 is 24.6 Å². The Morgan fingerprint density at radius 1 is 1.19 bits per heavy atom. The number of benzene rings is 2. The van der Waals surface area contributed by atoms with E-state index in [2.05, 4.69) is 25.8 Å². The number of aromatic nitrogens is 2. The first-order valence-electron chi connectivity index (χ1n) is 9.50. The van der Waals surface area contributed by atoms with E-state index in [9.17, 15) is 0 Å². The molecule has 0 aliphatic carbocycles. The highest BCUT2D eigenvalue weighted by atomic mass is 127. The first kappa shape index (κ1) is 24.7. The number of nitrogens with zero attached hydrogens (tertiary/aromatic N) is 3. The minimum Gasteiger partial charge on any atom is -0.493 e. The number of rotatable bonds is 8. The topological polar surface area (TPSA) is 93.8 Å². The molecule has 0 saturated heterocycles. The van der Waals surface area contributed by atoms with Gasteiger partial charge in [-0.1, -0.05) is 28.9 Å². The number of ether oxygens (including phenoxy) is 2. The van der Waals surface area contributed by atoms with Crippen LogP contribution in [-0.2, 0) is 6.42 Å². The first-order valence-corrected chi connectivity index (χ1v) is 9.87. The molecule has 0 unspecified atom stereocenters. The molecule has 31 heavy (non-hydrogen) atoms. The summed E-state index contributed by atoms with van der Waals surface area (Å²) in [5.41, 5.74) is 1.64. The van der Waals surface area contributed by atoms with Crippen LogP contribution in [-0.4, -0.2) is 43.4 Å². The zero-order chi connectivity index (χ0) is 21.3. The van der Waals surface area contributed by atoms with Gasteiger partial charge in [-0.2, -0.15) is 4.98 Å². The van der Waals surface area contributed by atoms with Crippen molar-refractivity contribution < 1.29 is 14.0 Å². The van der Waals surface area contributed by atoms with Crippen molar-refractivity contribution in [3.63, 3.8) is 0 Å². The summed E-state index contributed by atoms with van der Waals surface area (Å²) in [5.74, 6) is 2.99. The molecular weight excluding hydrogens is 533 g/mol. The summed E-state index contributed by atoms with van der Waals surface area (Å²) >= 11 is 6.01. The van der Waals surface area contributed by atoms with Gasteiger partial charge >= 0.3 is 0 Å². The quantitative estimate of drug-likeness (QED) is 0.237. The van der Waals surface area contributed by atoms with Gasteiger partial charge in [0.15, 0.2) is 17.5 Å². The second-order valence-corrected chi connectivity index (χ2v) is 6.63. The lowest BCUT2D eigenvalue weighted by atomic mass is 10.2. The van der Waals surface area contributed by atoms with E-state index in [1.54, 1.807) is 26.3 Å². The van der Waals surface area contributed by atoms with Crippen LogP contribution in [0.3, 0.4) is 0 Å². The van der Waals surface area contributed by atoms with E-state index >= 15 is 0 Å². The van der Waals surface area contributed by atoms with Gasteiger partial charge in [0.2, 0.25) is 11.7 Å². The molecule has 10 heteroatoms. The van der Waals surface area contributed by atoms with Crippen molar-refractivity contribution in [2.45, 2.75) is 13.3 Å². The van der Waals surface area contributed by atoms with Gasteiger partial charge in [-0.15, -0.1) is 24.0 Å². The van der Waals surface area contributed by atoms with Crippen molar-refractivity contribution in [1.29, 1.82) is 0 Å². The normalized spacial score (nSPS) is 10.9. The number of hydrogen-bond donors (Lipinski definition) is 2. The number of guanidine groups is 1. The minimum absolute atomic E-state index is 0. The highest BCUT2D eigenvalue weighted by Gasteiger charge is 2.10. The van der Waals surface area contributed by atoms with Crippen molar-refractivity contribution in [2.24, 2.45) is 4.99 Å². The maximum Gasteiger partial charge on any atom is 0.228 e. The zero-order valence-electron chi connectivity index (χ0n) is 17.5. The molecule has 0 aliphatic rings. The van der Waals surface area contributed by atoms with Crippen LogP contribution in [0.15, 0.2) is 52.0 Å². The highest BCUT2D eigenvalue weighted by Crippen LogP contribution is 2.30. The molecule has 0 aliphatic heterocycles. The Morgan fingerprint density at radius 3 is 2.74 bits per heavy atom. The van der Waals surface area contributed by atoms with Gasteiger partial charge in [-0.25, -0.2) is 0 Å². The van der Waals surface area contributed by atoms with E-state index in [1.165, 1.54) is 0 Å². The molecule has 2 aromatic carbocycles. The number of hydrogen-bond acceptors (Lipinski definition) is 6. The summed E-state index contributed by atoms with van der Waals surface area (Å²) in [6.07, 6.45) is 0.543. The second-order valence-electron chi connectivity index (χ2n) is 6.19. The Labute approximate surface area is 203 Å². The molecule has 166 valence electrons. The van der Waals surface area contributed by atoms with Gasteiger partial charge in [0.1, 0.15) is 0 Å². The van der Waals surface area contributed by atoms with Crippen LogP contribution < -0.4 is 20.1 Å². The third-order valence-electron chi connectivity index (χ3n) is 4.13. The number of anilines is 1. The van der Waals surface area contributed by atoms with Crippen LogP contribution in [0.4, 0.5) is 5.69 Å². The third kappa shape index (κ3) is 7.00. The summed E-state index contributed by atoms with van der Waals surface area (Å²) in [7, 11) is 3.31. The zero-order valence-corrected chi connectivity index (χ0v) is 20.6. The second kappa shape index (κ2) is 12.4. The van der Waals surface area contributed by atoms with Crippen LogP contribution in [0.1, 0.15) is 12.8 Å². The van der Waals surface area contributed by atoms with Crippen LogP contribution >= 0.6 is 35.6 Å². The fourth-order valence-corrected chi connectivity index (χ4v) is 2.92. The summed E-state index contributed by atoms with van der Waals surface area (Å²) < 4.78 is 16.2. The van der Waals surface area contributed by atoms with E-state index in [4.69, 9.17) is 25.6 Å². The Bertz CT molecular complexity index is 1010. The molecule has 0 fully saturated rings. The molecule has 3 aromatic rings. The number of nitrogens with one attached hydrogen (secondary N) is 2. The van der Waals surface area contributed by atoms with Crippen molar-refractivity contribution in [2.75, 3.05) is 32.6 Å². The number of halogens is 2. The van der Waals surface area contributed by atoms with E-state index in [0.29, 0.717) is 53.8 Å². The largest absolute Gasteiger partial charge is 0.493 e. The van der Waals surface area contributed by atoms with Gasteiger partial charge in [-0.05, 0) is 31.2 Å². The van der Waals surface area contributed by atoms with Crippen LogP contribution in [0.2, 0.25) is 5.02 Å². The van der Waals surface area contributed by atoms with E-state index in [1.807, 2.05) is 37.3 Å². The van der Waals surface area contributed by atoms with Gasteiger partial charge in [0.25, 0.3) is 0 Å². The summed E-state index contributed by atoms with van der Waals surface area (Å²) in [6.45, 7) is 3.06. The van der Waals surface area contributed by atoms with Crippen LogP contribution in [0, 0.1) is 0 Å². The average Bonchev–Trinajstić information content (AvgIpc) is 3.23. The Kier molecular flexibility index (Phi) is 9.86. The lowest BCUT2D eigenvalue weighted by molar-refractivity contribution is 0.311. The SMILES string of the molecule is CCOc1ccc(NC(=NC)NCCc2nc(-c3cccc(Cl)c3)no2)cc1OC.I. The molecule has 3 rings (SSSR count). The minimum atomic E-state index is 0. The smallest absolute Gasteiger partial charge is 0.228 e. The van der Waals surface area contributed by atoms with E-state index in [0.717, 1.165) is 11.3 Å². The van der Waals surface area contributed by atoms with Gasteiger partial charge in [0, 0.05) is 42.4 Å². The summed E-state index contributed by atoms with van der Waals surface area (Å²) in [4.78, 5) is 8.64. The lowest BCUT2D eigenvalue weighted by Crippen LogP contribution is -2.32. The van der Waals surface area contributed by atoms with E-state index in [-0.39, 0.29) is 24.0 Å². The summed E-state index contributed by atoms with van der Waals surface area (Å²) in [6, 6.07) is 12.9. The van der Waals surface area contributed by atoms with Crippen molar-refractivity contribution in [1.82, 2.24) is 15.5 Å². The fourth-order valence-electron chi connectivity index (χ4n) is 2.73. The third-order valence-corrected chi connectivity index (χ3v) is 4.37. The number of aliphatic imine (C=N–C) groups is 1. The first-order chi connectivity index (χ1) is 14.6.